The summed E-state index contributed by atoms with van der Waals surface area (Å²) in [5, 5.41) is 14.4. The maximum atomic E-state index is 12.3. The number of β-amino-alcohol motifs (C(OH)–C–C–N with tert-alkyl or cyclic N) is 1. The Hall–Kier alpha value is -3.19. The summed E-state index contributed by atoms with van der Waals surface area (Å²) in [7, 11) is -3.31. The van der Waals surface area contributed by atoms with Crippen molar-refractivity contribution in [1.29, 1.82) is 0 Å². The van der Waals surface area contributed by atoms with Gasteiger partial charge in [0.2, 0.25) is 5.72 Å². The molecule has 34 heavy (non-hydrogen) atoms. The third kappa shape index (κ3) is 4.09. The Bertz CT molecular complexity index is 1500. The zero-order valence-electron chi connectivity index (χ0n) is 18.5. The summed E-state index contributed by atoms with van der Waals surface area (Å²) in [5.74, 6) is 0.588. The van der Waals surface area contributed by atoms with E-state index >= 15 is 0 Å². The molecule has 1 unspecified atom stereocenters. The van der Waals surface area contributed by atoms with Crippen molar-refractivity contribution in [1.82, 2.24) is 0 Å². The zero-order valence-corrected chi connectivity index (χ0v) is 20.1. The van der Waals surface area contributed by atoms with Gasteiger partial charge in [-0.3, -0.25) is 0 Å². The molecule has 0 bridgehead atoms. The van der Waals surface area contributed by atoms with Crippen LogP contribution in [0, 0.1) is 0 Å². The van der Waals surface area contributed by atoms with Crippen LogP contribution >= 0.6 is 11.6 Å². The van der Waals surface area contributed by atoms with E-state index < -0.39 is 15.6 Å². The van der Waals surface area contributed by atoms with Crippen LogP contribution in [0.5, 0.6) is 0 Å². The minimum absolute atomic E-state index is 0.0336. The maximum Gasteiger partial charge on any atom is 0.202 e. The summed E-state index contributed by atoms with van der Waals surface area (Å²) >= 11 is 6.10. The Morgan fingerprint density at radius 1 is 0.941 bits per heavy atom. The van der Waals surface area contributed by atoms with Gasteiger partial charge in [-0.05, 0) is 65.4 Å². The molecule has 0 radical (unpaired) electrons. The van der Waals surface area contributed by atoms with Gasteiger partial charge >= 0.3 is 0 Å². The van der Waals surface area contributed by atoms with E-state index in [0.29, 0.717) is 22.0 Å². The number of aliphatic hydroxyl groups is 1. The number of hydrogen-bond acceptors (Lipinski definition) is 5. The van der Waals surface area contributed by atoms with Gasteiger partial charge in [0.05, 0.1) is 17.2 Å². The molecule has 4 aromatic carbocycles. The predicted octanol–water partition coefficient (Wildman–Crippen LogP) is 5.40. The molecule has 4 aromatic rings. The normalized spacial score (nSPS) is 18.3. The lowest BCUT2D eigenvalue weighted by Crippen LogP contribution is -2.34. The number of fused-ring (bicyclic) bond motifs is 1. The van der Waals surface area contributed by atoms with Crippen molar-refractivity contribution in [3.8, 4) is 0 Å². The average Bonchev–Trinajstić information content (AvgIpc) is 3.23. The first-order chi connectivity index (χ1) is 16.3. The fraction of sp³-hybridized carbons (Fsp3) is 0.148. The molecule has 0 aliphatic carbocycles. The van der Waals surface area contributed by atoms with E-state index in [1.807, 2.05) is 59.5 Å². The molecule has 0 saturated heterocycles. The molecular formula is C27H23ClN2O3S. The first-order valence-electron chi connectivity index (χ1n) is 11.0. The van der Waals surface area contributed by atoms with Crippen molar-refractivity contribution < 1.29 is 13.5 Å². The molecule has 1 atom stereocenters. The number of rotatable bonds is 5. The van der Waals surface area contributed by atoms with Crippen LogP contribution in [0.2, 0.25) is 5.02 Å². The fourth-order valence-corrected chi connectivity index (χ4v) is 5.20. The summed E-state index contributed by atoms with van der Waals surface area (Å²) < 4.78 is 24.5. The van der Waals surface area contributed by atoms with Crippen LogP contribution in [0.15, 0.2) is 101 Å². The molecule has 1 heterocycles. The molecule has 5 nitrogen and oxygen atoms in total. The molecule has 7 heteroatoms. The molecule has 0 spiro atoms. The first kappa shape index (κ1) is 22.6. The van der Waals surface area contributed by atoms with Crippen LogP contribution in [-0.2, 0) is 15.6 Å². The van der Waals surface area contributed by atoms with Gasteiger partial charge in [-0.1, -0.05) is 54.9 Å². The number of amidine groups is 1. The summed E-state index contributed by atoms with van der Waals surface area (Å²) in [6.45, 7) is 1.83. The number of anilines is 1. The lowest BCUT2D eigenvalue weighted by Gasteiger charge is -2.25. The largest absolute Gasteiger partial charge is 0.364 e. The van der Waals surface area contributed by atoms with E-state index in [1.54, 1.807) is 43.3 Å². The van der Waals surface area contributed by atoms with Crippen LogP contribution < -0.4 is 4.90 Å². The number of halogens is 1. The van der Waals surface area contributed by atoms with Crippen molar-refractivity contribution in [3.05, 3.63) is 107 Å². The topological polar surface area (TPSA) is 70.0 Å². The second-order valence-corrected chi connectivity index (χ2v) is 11.0. The highest BCUT2D eigenvalue weighted by Crippen LogP contribution is 2.36. The van der Waals surface area contributed by atoms with Gasteiger partial charge in [0.15, 0.2) is 9.84 Å². The summed E-state index contributed by atoms with van der Waals surface area (Å²) in [4.78, 5) is 6.96. The minimum Gasteiger partial charge on any atom is -0.364 e. The molecule has 0 saturated carbocycles. The van der Waals surface area contributed by atoms with Gasteiger partial charge in [-0.15, -0.1) is 0 Å². The number of aliphatic imine (C=N–C) groups is 1. The van der Waals surface area contributed by atoms with Crippen LogP contribution in [0.4, 0.5) is 5.69 Å². The van der Waals surface area contributed by atoms with Crippen LogP contribution in [0.1, 0.15) is 18.1 Å². The molecule has 0 fully saturated rings. The van der Waals surface area contributed by atoms with E-state index in [1.165, 1.54) is 0 Å². The number of benzene rings is 4. The Morgan fingerprint density at radius 2 is 1.62 bits per heavy atom. The van der Waals surface area contributed by atoms with Gasteiger partial charge < -0.3 is 10.0 Å². The molecule has 172 valence electrons. The summed E-state index contributed by atoms with van der Waals surface area (Å²) in [6.07, 6.45) is 0. The number of hydrogen-bond donors (Lipinski definition) is 1. The third-order valence-electron chi connectivity index (χ3n) is 6.13. The monoisotopic (exact) mass is 490 g/mol. The molecule has 0 amide bonds. The maximum absolute atomic E-state index is 12.3. The number of sulfone groups is 1. The lowest BCUT2D eigenvalue weighted by molar-refractivity contribution is 0.0649. The fourth-order valence-electron chi connectivity index (χ4n) is 4.19. The third-order valence-corrected chi connectivity index (χ3v) is 8.13. The van der Waals surface area contributed by atoms with E-state index in [4.69, 9.17) is 16.6 Å². The van der Waals surface area contributed by atoms with Gasteiger partial charge in [-0.2, -0.15) is 0 Å². The van der Waals surface area contributed by atoms with Gasteiger partial charge in [0.1, 0.15) is 5.84 Å². The summed E-state index contributed by atoms with van der Waals surface area (Å²) in [6, 6.07) is 27.8. The first-order valence-corrected chi connectivity index (χ1v) is 13.0. The molecule has 1 aliphatic rings. The highest BCUT2D eigenvalue weighted by Gasteiger charge is 2.40. The second-order valence-electron chi connectivity index (χ2n) is 8.30. The predicted molar refractivity (Wildman–Crippen MR) is 137 cm³/mol. The highest BCUT2D eigenvalue weighted by molar-refractivity contribution is 7.91. The smallest absolute Gasteiger partial charge is 0.202 e. The van der Waals surface area contributed by atoms with Gasteiger partial charge in [-0.25, -0.2) is 13.4 Å². The van der Waals surface area contributed by atoms with Gasteiger partial charge in [0.25, 0.3) is 0 Å². The molecule has 1 N–H and O–H groups in total. The highest BCUT2D eigenvalue weighted by atomic mass is 35.5. The second kappa shape index (κ2) is 8.55. The quantitative estimate of drug-likeness (QED) is 0.406. The van der Waals surface area contributed by atoms with E-state index in [0.717, 1.165) is 16.5 Å². The van der Waals surface area contributed by atoms with Crippen molar-refractivity contribution in [3.63, 3.8) is 0 Å². The summed E-state index contributed by atoms with van der Waals surface area (Å²) in [5.41, 5.74) is 0.741. The zero-order chi connectivity index (χ0) is 23.9. The van der Waals surface area contributed by atoms with Crippen molar-refractivity contribution in [2.45, 2.75) is 17.5 Å². The number of nitrogens with zero attached hydrogens (tertiary/aromatic N) is 2. The Balaban J connectivity index is 1.61. The SMILES string of the molecule is CCS(=O)(=O)c1ccc(C2=NC(O)(c3ccc4ccccc4c3)CN2c2ccc(Cl)cc2)cc1. The van der Waals surface area contributed by atoms with Crippen LogP contribution in [0.25, 0.3) is 10.8 Å². The van der Waals surface area contributed by atoms with E-state index in [-0.39, 0.29) is 17.2 Å². The van der Waals surface area contributed by atoms with E-state index in [9.17, 15) is 13.5 Å². The molecule has 5 rings (SSSR count). The average molecular weight is 491 g/mol. The van der Waals surface area contributed by atoms with E-state index in [2.05, 4.69) is 0 Å². The molecular weight excluding hydrogens is 468 g/mol. The lowest BCUT2D eigenvalue weighted by atomic mass is 9.99. The van der Waals surface area contributed by atoms with Crippen molar-refractivity contribution in [2.75, 3.05) is 17.2 Å². The van der Waals surface area contributed by atoms with Crippen LogP contribution in [0.3, 0.4) is 0 Å². The van der Waals surface area contributed by atoms with Crippen molar-refractivity contribution in [2.24, 2.45) is 4.99 Å². The minimum atomic E-state index is -3.31. The van der Waals surface area contributed by atoms with Crippen LogP contribution in [-0.4, -0.2) is 31.7 Å². The molecule has 1 aliphatic heterocycles. The standard InChI is InChI=1S/C27H23ClN2O3S/c1-2-34(32,33)25-15-8-20(9-16-25)26-29-27(31,18-30(26)24-13-11-23(28)12-14-24)22-10-7-19-5-3-4-6-21(19)17-22/h3-17,31H,2,18H2,1H3. The Morgan fingerprint density at radius 3 is 2.29 bits per heavy atom. The van der Waals surface area contributed by atoms with Gasteiger partial charge in [0, 0.05) is 21.8 Å². The Labute approximate surface area is 203 Å². The molecule has 0 aromatic heterocycles. The Kier molecular flexibility index (Phi) is 5.68. The van der Waals surface area contributed by atoms with Crippen molar-refractivity contribution >= 4 is 43.7 Å².